The van der Waals surface area contributed by atoms with E-state index >= 15 is 0 Å². The maximum absolute atomic E-state index is 4.27. The molecule has 0 radical (unpaired) electrons. The minimum absolute atomic E-state index is 0.968. The van der Waals surface area contributed by atoms with Crippen LogP contribution < -0.4 is 0 Å². The Morgan fingerprint density at radius 2 is 2.17 bits per heavy atom. The van der Waals surface area contributed by atoms with Crippen LogP contribution in [0.4, 0.5) is 0 Å². The first-order chi connectivity index (χ1) is 5.79. The number of fused-ring (bicyclic) bond motifs is 1. The van der Waals surface area contributed by atoms with Gasteiger partial charge in [0, 0.05) is 16.0 Å². The summed E-state index contributed by atoms with van der Waals surface area (Å²) in [6.45, 7) is 2.07. The summed E-state index contributed by atoms with van der Waals surface area (Å²) in [6.07, 6.45) is 3.67. The predicted molar refractivity (Wildman–Crippen MR) is 57.0 cm³/mol. The number of hydrogen-bond acceptors (Lipinski definition) is 2. The van der Waals surface area contributed by atoms with Crippen LogP contribution in [0.5, 0.6) is 0 Å². The Kier molecular flexibility index (Phi) is 1.96. The normalized spacial score (nSPS) is 10.5. The summed E-state index contributed by atoms with van der Waals surface area (Å²) in [6, 6.07) is 3.88. The molecule has 0 N–H and O–H groups in total. The van der Waals surface area contributed by atoms with E-state index in [1.165, 1.54) is 9.13 Å². The predicted octanol–water partition coefficient (Wildman–Crippen LogP) is 2.54. The Bertz CT molecular complexity index is 426. The van der Waals surface area contributed by atoms with Crippen LogP contribution in [0.3, 0.4) is 0 Å². The molecule has 0 saturated heterocycles. The standard InChI is InChI=1S/C9H7IN2/c1-6-7(10)5-12-8-3-2-4-11-9(6)8/h2-5H,1H3. The third-order valence-electron chi connectivity index (χ3n) is 1.82. The quantitative estimate of drug-likeness (QED) is 0.687. The Morgan fingerprint density at radius 1 is 1.33 bits per heavy atom. The molecule has 0 spiro atoms. The molecule has 2 aromatic heterocycles. The third-order valence-corrected chi connectivity index (χ3v) is 2.90. The van der Waals surface area contributed by atoms with Gasteiger partial charge in [-0.15, -0.1) is 0 Å². The van der Waals surface area contributed by atoms with Crippen molar-refractivity contribution in [1.82, 2.24) is 9.97 Å². The summed E-state index contributed by atoms with van der Waals surface area (Å²) >= 11 is 2.27. The highest BCUT2D eigenvalue weighted by Crippen LogP contribution is 2.17. The van der Waals surface area contributed by atoms with Crippen molar-refractivity contribution < 1.29 is 0 Å². The van der Waals surface area contributed by atoms with Gasteiger partial charge in [-0.1, -0.05) is 0 Å². The van der Waals surface area contributed by atoms with Crippen LogP contribution in [0.25, 0.3) is 11.0 Å². The molecule has 2 rings (SSSR count). The zero-order valence-corrected chi connectivity index (χ0v) is 8.74. The second-order valence-electron chi connectivity index (χ2n) is 2.60. The van der Waals surface area contributed by atoms with Crippen LogP contribution in [0, 0.1) is 10.5 Å². The van der Waals surface area contributed by atoms with E-state index in [4.69, 9.17) is 0 Å². The Morgan fingerprint density at radius 3 is 3.00 bits per heavy atom. The topological polar surface area (TPSA) is 25.8 Å². The molecule has 2 aromatic rings. The summed E-state index contributed by atoms with van der Waals surface area (Å²) in [4.78, 5) is 8.55. The molecule has 0 fully saturated rings. The molecule has 0 saturated carbocycles. The lowest BCUT2D eigenvalue weighted by molar-refractivity contribution is 1.27. The highest BCUT2D eigenvalue weighted by Gasteiger charge is 2.01. The maximum atomic E-state index is 4.27. The fraction of sp³-hybridized carbons (Fsp3) is 0.111. The molecule has 60 valence electrons. The van der Waals surface area contributed by atoms with Crippen molar-refractivity contribution in [3.8, 4) is 0 Å². The molecular weight excluding hydrogens is 263 g/mol. The molecule has 0 bridgehead atoms. The van der Waals surface area contributed by atoms with Crippen LogP contribution in [0.1, 0.15) is 5.56 Å². The van der Waals surface area contributed by atoms with E-state index in [-0.39, 0.29) is 0 Å². The van der Waals surface area contributed by atoms with Crippen molar-refractivity contribution in [3.05, 3.63) is 33.7 Å². The van der Waals surface area contributed by atoms with Gasteiger partial charge >= 0.3 is 0 Å². The van der Waals surface area contributed by atoms with Crippen molar-refractivity contribution in [2.24, 2.45) is 0 Å². The van der Waals surface area contributed by atoms with Crippen LogP contribution in [-0.4, -0.2) is 9.97 Å². The van der Waals surface area contributed by atoms with Gasteiger partial charge in [-0.25, -0.2) is 0 Å². The van der Waals surface area contributed by atoms with Crippen LogP contribution in [-0.2, 0) is 0 Å². The minimum atomic E-state index is 0.968. The molecule has 2 nitrogen and oxygen atoms in total. The van der Waals surface area contributed by atoms with Crippen molar-refractivity contribution in [1.29, 1.82) is 0 Å². The lowest BCUT2D eigenvalue weighted by atomic mass is 10.2. The number of aromatic nitrogens is 2. The molecule has 2 heterocycles. The molecule has 3 heteroatoms. The maximum Gasteiger partial charge on any atom is 0.0926 e. The van der Waals surface area contributed by atoms with Crippen molar-refractivity contribution in [3.63, 3.8) is 0 Å². The van der Waals surface area contributed by atoms with Gasteiger partial charge in [0.05, 0.1) is 11.0 Å². The van der Waals surface area contributed by atoms with E-state index in [2.05, 4.69) is 39.5 Å². The fourth-order valence-electron chi connectivity index (χ4n) is 1.13. The molecule has 0 amide bonds. The van der Waals surface area contributed by atoms with Gasteiger partial charge in [-0.05, 0) is 47.2 Å². The molecular formula is C9H7IN2. The van der Waals surface area contributed by atoms with Crippen LogP contribution in [0.2, 0.25) is 0 Å². The van der Waals surface area contributed by atoms with Gasteiger partial charge in [-0.2, -0.15) is 0 Å². The van der Waals surface area contributed by atoms with Crippen LogP contribution >= 0.6 is 22.6 Å². The smallest absolute Gasteiger partial charge is 0.0926 e. The van der Waals surface area contributed by atoms with Crippen molar-refractivity contribution in [2.45, 2.75) is 6.92 Å². The van der Waals surface area contributed by atoms with E-state index in [0.717, 1.165) is 11.0 Å². The van der Waals surface area contributed by atoms with Gasteiger partial charge in [0.2, 0.25) is 0 Å². The molecule has 0 atom stereocenters. The number of pyridine rings is 2. The molecule has 0 aliphatic heterocycles. The van der Waals surface area contributed by atoms with E-state index in [9.17, 15) is 0 Å². The third kappa shape index (κ3) is 1.18. The van der Waals surface area contributed by atoms with Crippen LogP contribution in [0.15, 0.2) is 24.5 Å². The van der Waals surface area contributed by atoms with E-state index in [1.807, 2.05) is 18.3 Å². The first kappa shape index (κ1) is 7.91. The molecule has 0 aliphatic rings. The molecule has 0 unspecified atom stereocenters. The second-order valence-corrected chi connectivity index (χ2v) is 3.76. The van der Waals surface area contributed by atoms with Gasteiger partial charge < -0.3 is 0 Å². The Labute approximate surface area is 84.2 Å². The van der Waals surface area contributed by atoms with Gasteiger partial charge in [0.15, 0.2) is 0 Å². The number of nitrogens with zero attached hydrogens (tertiary/aromatic N) is 2. The zero-order chi connectivity index (χ0) is 8.55. The lowest BCUT2D eigenvalue weighted by Crippen LogP contribution is -1.88. The molecule has 12 heavy (non-hydrogen) atoms. The van der Waals surface area contributed by atoms with E-state index < -0.39 is 0 Å². The number of hydrogen-bond donors (Lipinski definition) is 0. The summed E-state index contributed by atoms with van der Waals surface area (Å²) in [7, 11) is 0. The first-order valence-electron chi connectivity index (χ1n) is 3.65. The highest BCUT2D eigenvalue weighted by molar-refractivity contribution is 14.1. The largest absolute Gasteiger partial charge is 0.254 e. The van der Waals surface area contributed by atoms with Gasteiger partial charge in [-0.3, -0.25) is 9.97 Å². The summed E-state index contributed by atoms with van der Waals surface area (Å²) < 4.78 is 1.17. The summed E-state index contributed by atoms with van der Waals surface area (Å²) in [5.41, 5.74) is 3.18. The number of halogens is 1. The Hall–Kier alpha value is -0.710. The van der Waals surface area contributed by atoms with Gasteiger partial charge in [0.1, 0.15) is 0 Å². The monoisotopic (exact) mass is 270 g/mol. The van der Waals surface area contributed by atoms with E-state index in [0.29, 0.717) is 0 Å². The summed E-state index contributed by atoms with van der Waals surface area (Å²) in [5.74, 6) is 0. The average Bonchev–Trinajstić information content (AvgIpc) is 2.12. The fourth-order valence-corrected chi connectivity index (χ4v) is 1.52. The number of rotatable bonds is 0. The molecule has 0 aromatic carbocycles. The average molecular weight is 270 g/mol. The highest BCUT2D eigenvalue weighted by atomic mass is 127. The second kappa shape index (κ2) is 2.97. The number of aryl methyl sites for hydroxylation is 1. The summed E-state index contributed by atoms with van der Waals surface area (Å²) in [5, 5.41) is 0. The minimum Gasteiger partial charge on any atom is -0.254 e. The van der Waals surface area contributed by atoms with Crippen molar-refractivity contribution in [2.75, 3.05) is 0 Å². The van der Waals surface area contributed by atoms with Crippen molar-refractivity contribution >= 4 is 33.6 Å². The van der Waals surface area contributed by atoms with Gasteiger partial charge in [0.25, 0.3) is 0 Å². The lowest BCUT2D eigenvalue weighted by Gasteiger charge is -2.00. The van der Waals surface area contributed by atoms with E-state index in [1.54, 1.807) is 6.20 Å². The SMILES string of the molecule is Cc1c(I)cnc2cccnc12. The first-order valence-corrected chi connectivity index (χ1v) is 4.73. The Balaban J connectivity index is 2.91. The zero-order valence-electron chi connectivity index (χ0n) is 6.58. The molecule has 0 aliphatic carbocycles.